The van der Waals surface area contributed by atoms with Crippen molar-refractivity contribution >= 4 is 60.2 Å². The van der Waals surface area contributed by atoms with Crippen LogP contribution in [-0.2, 0) is 30.2 Å². The smallest absolute Gasteiger partial charge is 0.306 e. The van der Waals surface area contributed by atoms with Gasteiger partial charge in [-0.25, -0.2) is 0 Å². The Morgan fingerprint density at radius 3 is 1.94 bits per heavy atom. The molecular formula is C47H65BrO5. The summed E-state index contributed by atoms with van der Waals surface area (Å²) in [6.07, 6.45) is 26.8. The number of hydrogen-bond acceptors (Lipinski definition) is 5. The van der Waals surface area contributed by atoms with Crippen LogP contribution in [0.4, 0.5) is 0 Å². The Morgan fingerprint density at radius 1 is 0.623 bits per heavy atom. The van der Waals surface area contributed by atoms with Gasteiger partial charge in [-0.1, -0.05) is 154 Å². The van der Waals surface area contributed by atoms with Crippen LogP contribution in [0.15, 0.2) is 66.7 Å². The van der Waals surface area contributed by atoms with Crippen molar-refractivity contribution in [2.75, 3.05) is 25.2 Å². The Hall–Kier alpha value is -2.96. The highest BCUT2D eigenvalue weighted by Gasteiger charge is 2.18. The van der Waals surface area contributed by atoms with E-state index < -0.39 is 6.10 Å². The summed E-state index contributed by atoms with van der Waals surface area (Å²) < 4.78 is 17.3. The minimum Gasteiger partial charge on any atom is -0.462 e. The number of ether oxygens (including phenoxy) is 3. The number of allylic oxidation sites excluding steroid dienone is 2. The lowest BCUT2D eigenvalue weighted by Gasteiger charge is -2.18. The van der Waals surface area contributed by atoms with E-state index in [2.05, 4.69) is 89.6 Å². The number of rotatable bonds is 30. The van der Waals surface area contributed by atoms with Gasteiger partial charge >= 0.3 is 11.9 Å². The fourth-order valence-electron chi connectivity index (χ4n) is 7.26. The van der Waals surface area contributed by atoms with E-state index in [0.29, 0.717) is 25.9 Å². The standard InChI is InChI=1S/C47H65BrO5/c1-2-3-4-5-6-7-8-9-10-11-12-13-14-15-16-20-35-51-36-42(37-52-44(49)26-18-17-19-34-48)53-45(50)27-22-23-38-28-29-41-31-30-39-24-21-25-40-32-33-43(38)47(41)46(39)40/h9-10,21,24-25,28-33,42H,2-8,11-20,22-23,26-27,34-37H2,1H3/b10-9-/t42-/m0/s1. The first kappa shape index (κ1) is 42.8. The predicted octanol–water partition coefficient (Wildman–Crippen LogP) is 13.4. The Bertz CT molecular complexity index is 1610. The number of aryl methyl sites for hydroxylation is 1. The molecule has 4 rings (SSSR count). The highest BCUT2D eigenvalue weighted by molar-refractivity contribution is 9.09. The zero-order chi connectivity index (χ0) is 37.4. The highest BCUT2D eigenvalue weighted by atomic mass is 79.9. The molecule has 290 valence electrons. The van der Waals surface area contributed by atoms with Crippen molar-refractivity contribution in [3.63, 3.8) is 0 Å². The van der Waals surface area contributed by atoms with E-state index >= 15 is 0 Å². The second-order valence-corrected chi connectivity index (χ2v) is 15.5. The van der Waals surface area contributed by atoms with Gasteiger partial charge in [-0.3, -0.25) is 9.59 Å². The van der Waals surface area contributed by atoms with E-state index in [1.165, 1.54) is 115 Å². The van der Waals surface area contributed by atoms with E-state index in [4.69, 9.17) is 14.2 Å². The topological polar surface area (TPSA) is 61.8 Å². The summed E-state index contributed by atoms with van der Waals surface area (Å²) in [5.74, 6) is -0.523. The largest absolute Gasteiger partial charge is 0.462 e. The lowest BCUT2D eigenvalue weighted by Crippen LogP contribution is -2.30. The predicted molar refractivity (Wildman–Crippen MR) is 226 cm³/mol. The molecular weight excluding hydrogens is 724 g/mol. The van der Waals surface area contributed by atoms with Crippen LogP contribution in [0.25, 0.3) is 32.3 Å². The summed E-state index contributed by atoms with van der Waals surface area (Å²) in [5, 5.41) is 8.54. The molecule has 0 amide bonds. The van der Waals surface area contributed by atoms with Gasteiger partial charge in [-0.05, 0) is 95.7 Å². The van der Waals surface area contributed by atoms with Gasteiger partial charge in [-0.2, -0.15) is 0 Å². The van der Waals surface area contributed by atoms with E-state index in [0.717, 1.165) is 43.9 Å². The third-order valence-electron chi connectivity index (χ3n) is 10.3. The zero-order valence-electron chi connectivity index (χ0n) is 32.5. The van der Waals surface area contributed by atoms with Crippen molar-refractivity contribution in [3.8, 4) is 0 Å². The molecule has 1 atom stereocenters. The fourth-order valence-corrected chi connectivity index (χ4v) is 7.66. The van der Waals surface area contributed by atoms with Gasteiger partial charge < -0.3 is 14.2 Å². The van der Waals surface area contributed by atoms with Crippen molar-refractivity contribution in [1.29, 1.82) is 0 Å². The van der Waals surface area contributed by atoms with Crippen LogP contribution in [-0.4, -0.2) is 43.2 Å². The maximum Gasteiger partial charge on any atom is 0.306 e. The maximum atomic E-state index is 13.0. The van der Waals surface area contributed by atoms with Gasteiger partial charge in [0.05, 0.1) is 6.61 Å². The molecule has 0 aliphatic heterocycles. The lowest BCUT2D eigenvalue weighted by molar-refractivity contribution is -0.162. The summed E-state index contributed by atoms with van der Waals surface area (Å²) in [6, 6.07) is 19.7. The Labute approximate surface area is 328 Å². The van der Waals surface area contributed by atoms with Gasteiger partial charge in [0, 0.05) is 24.8 Å². The molecule has 6 heteroatoms. The number of unbranched alkanes of at least 4 members (excludes halogenated alkanes) is 14. The average Bonchev–Trinajstić information content (AvgIpc) is 3.17. The quantitative estimate of drug-likeness (QED) is 0.0173. The minimum atomic E-state index is -0.599. The molecule has 0 bridgehead atoms. The van der Waals surface area contributed by atoms with E-state index in [1.807, 2.05) is 0 Å². The van der Waals surface area contributed by atoms with E-state index in [-0.39, 0.29) is 25.2 Å². The molecule has 0 saturated carbocycles. The first-order valence-corrected chi connectivity index (χ1v) is 22.0. The van der Waals surface area contributed by atoms with Crippen LogP contribution < -0.4 is 0 Å². The average molecular weight is 790 g/mol. The fraction of sp³-hybridized carbons (Fsp3) is 0.574. The number of benzene rings is 4. The normalized spacial score (nSPS) is 12.4. The molecule has 5 nitrogen and oxygen atoms in total. The van der Waals surface area contributed by atoms with Gasteiger partial charge in [0.2, 0.25) is 0 Å². The lowest BCUT2D eigenvalue weighted by atomic mass is 9.90. The molecule has 0 aliphatic carbocycles. The molecule has 0 saturated heterocycles. The van der Waals surface area contributed by atoms with Crippen molar-refractivity contribution in [3.05, 3.63) is 72.3 Å². The number of alkyl halides is 1. The number of esters is 2. The third kappa shape index (κ3) is 15.7. The van der Waals surface area contributed by atoms with Gasteiger partial charge in [0.25, 0.3) is 0 Å². The maximum absolute atomic E-state index is 13.0. The molecule has 0 heterocycles. The third-order valence-corrected chi connectivity index (χ3v) is 10.9. The molecule has 53 heavy (non-hydrogen) atoms. The number of hydrogen-bond donors (Lipinski definition) is 0. The number of carbonyl (C=O) groups is 2. The van der Waals surface area contributed by atoms with Crippen LogP contribution in [0, 0.1) is 0 Å². The number of carbonyl (C=O) groups excluding carboxylic acids is 2. The summed E-state index contributed by atoms with van der Waals surface area (Å²) in [7, 11) is 0. The van der Waals surface area contributed by atoms with Crippen LogP contribution in [0.1, 0.15) is 141 Å². The summed E-state index contributed by atoms with van der Waals surface area (Å²) in [4.78, 5) is 25.4. The number of halogens is 1. The van der Waals surface area contributed by atoms with Crippen molar-refractivity contribution in [2.45, 2.75) is 148 Å². The summed E-state index contributed by atoms with van der Waals surface area (Å²) >= 11 is 3.44. The minimum absolute atomic E-state index is 0.0332. The van der Waals surface area contributed by atoms with Crippen molar-refractivity contribution < 1.29 is 23.8 Å². The molecule has 0 radical (unpaired) electrons. The van der Waals surface area contributed by atoms with E-state index in [9.17, 15) is 9.59 Å². The summed E-state index contributed by atoms with van der Waals surface area (Å²) in [5.41, 5.74) is 1.24. The highest BCUT2D eigenvalue weighted by Crippen LogP contribution is 2.36. The molecule has 0 spiro atoms. The van der Waals surface area contributed by atoms with Gasteiger partial charge in [0.1, 0.15) is 6.61 Å². The molecule has 0 aliphatic rings. The van der Waals surface area contributed by atoms with Gasteiger partial charge in [-0.15, -0.1) is 0 Å². The monoisotopic (exact) mass is 788 g/mol. The Kier molecular flexibility index (Phi) is 20.9. The summed E-state index contributed by atoms with van der Waals surface area (Å²) in [6.45, 7) is 3.16. The van der Waals surface area contributed by atoms with Gasteiger partial charge in [0.15, 0.2) is 6.10 Å². The molecule has 4 aromatic carbocycles. The SMILES string of the molecule is CCCCCCCC/C=C\CCCCCCCCOC[C@@H](COC(=O)CCCCCBr)OC(=O)CCCc1ccc2ccc3cccc4ccc1c2c34. The van der Waals surface area contributed by atoms with Crippen LogP contribution in [0.3, 0.4) is 0 Å². The van der Waals surface area contributed by atoms with Crippen molar-refractivity contribution in [2.24, 2.45) is 0 Å². The van der Waals surface area contributed by atoms with Crippen LogP contribution in [0.5, 0.6) is 0 Å². The van der Waals surface area contributed by atoms with E-state index in [1.54, 1.807) is 0 Å². The Morgan fingerprint density at radius 2 is 1.23 bits per heavy atom. The molecule has 0 unspecified atom stereocenters. The first-order valence-electron chi connectivity index (χ1n) is 20.9. The van der Waals surface area contributed by atoms with Crippen LogP contribution >= 0.6 is 15.9 Å². The first-order chi connectivity index (χ1) is 26.1. The van der Waals surface area contributed by atoms with Crippen molar-refractivity contribution in [1.82, 2.24) is 0 Å². The second-order valence-electron chi connectivity index (χ2n) is 14.7. The second kappa shape index (κ2) is 26.0. The Balaban J connectivity index is 1.13. The molecule has 0 fully saturated rings. The molecule has 4 aromatic rings. The zero-order valence-corrected chi connectivity index (χ0v) is 34.1. The molecule has 0 N–H and O–H groups in total. The van der Waals surface area contributed by atoms with Crippen LogP contribution in [0.2, 0.25) is 0 Å². The molecule has 0 aromatic heterocycles.